The van der Waals surface area contributed by atoms with Gasteiger partial charge in [-0.1, -0.05) is 29.8 Å². The summed E-state index contributed by atoms with van der Waals surface area (Å²) in [6.45, 7) is 0. The largest absolute Gasteiger partial charge is 0.385 e. The number of nitrogen functional groups attached to an aromatic ring is 1. The highest BCUT2D eigenvalue weighted by Crippen LogP contribution is 2.22. The molecule has 2 N–H and O–H groups in total. The van der Waals surface area contributed by atoms with Gasteiger partial charge >= 0.3 is 0 Å². The summed E-state index contributed by atoms with van der Waals surface area (Å²) in [5.74, 6) is 0.319. The molecule has 102 valence electrons. The van der Waals surface area contributed by atoms with Gasteiger partial charge < -0.3 is 5.73 Å². The third-order valence-electron chi connectivity index (χ3n) is 3.29. The van der Waals surface area contributed by atoms with Crippen LogP contribution in [0.5, 0.6) is 0 Å². The van der Waals surface area contributed by atoms with E-state index < -0.39 is 0 Å². The molecular weight excluding hydrogens is 286 g/mol. The Kier molecular flexibility index (Phi) is 3.13. The van der Waals surface area contributed by atoms with Crippen molar-refractivity contribution in [1.29, 1.82) is 5.26 Å². The van der Waals surface area contributed by atoms with Crippen molar-refractivity contribution in [2.75, 3.05) is 5.73 Å². The molecule has 21 heavy (non-hydrogen) atoms. The van der Waals surface area contributed by atoms with Crippen LogP contribution in [0.15, 0.2) is 53.3 Å². The summed E-state index contributed by atoms with van der Waals surface area (Å²) in [5, 5.41) is 10.6. The molecule has 0 aliphatic carbocycles. The third kappa shape index (κ3) is 2.14. The maximum Gasteiger partial charge on any atom is 0.264 e. The predicted molar refractivity (Wildman–Crippen MR) is 83.7 cm³/mol. The van der Waals surface area contributed by atoms with Gasteiger partial charge in [0, 0.05) is 5.39 Å². The van der Waals surface area contributed by atoms with Crippen LogP contribution in [-0.2, 0) is 0 Å². The summed E-state index contributed by atoms with van der Waals surface area (Å²) >= 11 is 6.02. The Morgan fingerprint density at radius 2 is 1.90 bits per heavy atom. The van der Waals surface area contributed by atoms with Gasteiger partial charge in [-0.05, 0) is 35.7 Å². The number of nitriles is 1. The fraction of sp³-hybridized carbons (Fsp3) is 0. The van der Waals surface area contributed by atoms with Crippen LogP contribution in [0.2, 0.25) is 5.02 Å². The average Bonchev–Trinajstić information content (AvgIpc) is 2.47. The SMILES string of the molecule is N#Cc1ccc(-n2c(N)cc3ccccc3c2=O)cc1Cl. The molecule has 0 aliphatic heterocycles. The number of anilines is 1. The topological polar surface area (TPSA) is 71.8 Å². The highest BCUT2D eigenvalue weighted by molar-refractivity contribution is 6.31. The number of aromatic nitrogens is 1. The van der Waals surface area contributed by atoms with Gasteiger partial charge in [0.1, 0.15) is 11.9 Å². The van der Waals surface area contributed by atoms with Crippen LogP contribution in [0.4, 0.5) is 5.82 Å². The van der Waals surface area contributed by atoms with Gasteiger partial charge in [0.25, 0.3) is 5.56 Å². The molecule has 5 heteroatoms. The Morgan fingerprint density at radius 1 is 1.14 bits per heavy atom. The van der Waals surface area contributed by atoms with Gasteiger partial charge in [0.15, 0.2) is 0 Å². The lowest BCUT2D eigenvalue weighted by atomic mass is 10.1. The van der Waals surface area contributed by atoms with Crippen LogP contribution in [0.3, 0.4) is 0 Å². The second kappa shape index (κ2) is 4.97. The fourth-order valence-corrected chi connectivity index (χ4v) is 2.50. The summed E-state index contributed by atoms with van der Waals surface area (Å²) in [6, 6.07) is 15.7. The van der Waals surface area contributed by atoms with Gasteiger partial charge in [-0.3, -0.25) is 9.36 Å². The first-order chi connectivity index (χ1) is 10.1. The van der Waals surface area contributed by atoms with Gasteiger partial charge in [0.05, 0.1) is 16.3 Å². The first-order valence-electron chi connectivity index (χ1n) is 6.22. The van der Waals surface area contributed by atoms with Crippen molar-refractivity contribution in [2.45, 2.75) is 0 Å². The van der Waals surface area contributed by atoms with Crippen molar-refractivity contribution in [3.63, 3.8) is 0 Å². The van der Waals surface area contributed by atoms with Gasteiger partial charge in [0.2, 0.25) is 0 Å². The minimum Gasteiger partial charge on any atom is -0.385 e. The van der Waals surface area contributed by atoms with Gasteiger partial charge in [-0.25, -0.2) is 0 Å². The van der Waals surface area contributed by atoms with E-state index in [0.717, 1.165) is 5.39 Å². The van der Waals surface area contributed by atoms with Crippen molar-refractivity contribution < 1.29 is 0 Å². The highest BCUT2D eigenvalue weighted by Gasteiger charge is 2.10. The lowest BCUT2D eigenvalue weighted by molar-refractivity contribution is 1.02. The lowest BCUT2D eigenvalue weighted by Crippen LogP contribution is -2.21. The summed E-state index contributed by atoms with van der Waals surface area (Å²) in [6.07, 6.45) is 0. The van der Waals surface area contributed by atoms with E-state index in [4.69, 9.17) is 22.6 Å². The summed E-state index contributed by atoms with van der Waals surface area (Å²) < 4.78 is 1.38. The number of hydrogen-bond acceptors (Lipinski definition) is 3. The molecule has 1 heterocycles. The monoisotopic (exact) mass is 295 g/mol. The number of pyridine rings is 1. The standard InChI is InChI=1S/C16H10ClN3O/c17-14-8-12(6-5-11(14)9-18)20-15(19)7-10-3-1-2-4-13(10)16(20)21/h1-8H,19H2. The Labute approximate surface area is 125 Å². The first kappa shape index (κ1) is 13.2. The number of nitrogens with two attached hydrogens (primary N) is 1. The number of nitrogens with zero attached hydrogens (tertiary/aromatic N) is 2. The summed E-state index contributed by atoms with van der Waals surface area (Å²) in [7, 11) is 0. The van der Waals surface area contributed by atoms with Crippen molar-refractivity contribution in [1.82, 2.24) is 4.57 Å². The van der Waals surface area contributed by atoms with Crippen LogP contribution < -0.4 is 11.3 Å². The molecule has 3 rings (SSSR count). The van der Waals surface area contributed by atoms with Crippen LogP contribution in [0, 0.1) is 11.3 Å². The van der Waals surface area contributed by atoms with Crippen LogP contribution in [-0.4, -0.2) is 4.57 Å². The average molecular weight is 296 g/mol. The summed E-state index contributed by atoms with van der Waals surface area (Å²) in [5.41, 5.74) is 6.67. The molecule has 0 spiro atoms. The second-order valence-electron chi connectivity index (χ2n) is 4.57. The molecule has 2 aromatic carbocycles. The summed E-state index contributed by atoms with van der Waals surface area (Å²) in [4.78, 5) is 12.6. The highest BCUT2D eigenvalue weighted by atomic mass is 35.5. The van der Waals surface area contributed by atoms with E-state index in [1.54, 1.807) is 36.4 Å². The Bertz CT molecular complexity index is 954. The van der Waals surface area contributed by atoms with Crippen molar-refractivity contribution in [3.05, 3.63) is 69.5 Å². The van der Waals surface area contributed by atoms with Crippen molar-refractivity contribution in [2.24, 2.45) is 0 Å². The molecule has 3 aromatic rings. The van der Waals surface area contributed by atoms with E-state index in [9.17, 15) is 4.79 Å². The van der Waals surface area contributed by atoms with Gasteiger partial charge in [-0.15, -0.1) is 0 Å². The number of hydrogen-bond donors (Lipinski definition) is 1. The Balaban J connectivity index is 2.33. The zero-order chi connectivity index (χ0) is 15.0. The number of benzene rings is 2. The molecule has 0 fully saturated rings. The predicted octanol–water partition coefficient (Wildman–Crippen LogP) is 3.10. The molecule has 0 radical (unpaired) electrons. The molecule has 0 aliphatic rings. The number of fused-ring (bicyclic) bond motifs is 1. The zero-order valence-electron chi connectivity index (χ0n) is 10.9. The number of halogens is 1. The fourth-order valence-electron chi connectivity index (χ4n) is 2.28. The van der Waals surface area contributed by atoms with E-state index in [1.165, 1.54) is 4.57 Å². The molecule has 4 nitrogen and oxygen atoms in total. The molecule has 0 amide bonds. The van der Waals surface area contributed by atoms with Crippen LogP contribution in [0.1, 0.15) is 5.56 Å². The van der Waals surface area contributed by atoms with Crippen LogP contribution in [0.25, 0.3) is 16.5 Å². The Hall–Kier alpha value is -2.77. The minimum atomic E-state index is -0.216. The second-order valence-corrected chi connectivity index (χ2v) is 4.98. The Morgan fingerprint density at radius 3 is 2.62 bits per heavy atom. The van der Waals surface area contributed by atoms with Crippen molar-refractivity contribution in [3.8, 4) is 11.8 Å². The van der Waals surface area contributed by atoms with Crippen molar-refractivity contribution >= 4 is 28.2 Å². The molecule has 1 aromatic heterocycles. The van der Waals surface area contributed by atoms with E-state index in [-0.39, 0.29) is 10.6 Å². The van der Waals surface area contributed by atoms with E-state index in [1.807, 2.05) is 18.2 Å². The molecule has 0 bridgehead atoms. The first-order valence-corrected chi connectivity index (χ1v) is 6.60. The number of rotatable bonds is 1. The normalized spacial score (nSPS) is 10.5. The van der Waals surface area contributed by atoms with E-state index in [0.29, 0.717) is 22.5 Å². The zero-order valence-corrected chi connectivity index (χ0v) is 11.6. The van der Waals surface area contributed by atoms with Gasteiger partial charge in [-0.2, -0.15) is 5.26 Å². The molecule has 0 unspecified atom stereocenters. The quantitative estimate of drug-likeness (QED) is 0.750. The molecule has 0 saturated carbocycles. The lowest BCUT2D eigenvalue weighted by Gasteiger charge is -2.12. The van der Waals surface area contributed by atoms with Crippen LogP contribution >= 0.6 is 11.6 Å². The van der Waals surface area contributed by atoms with E-state index in [2.05, 4.69) is 0 Å². The maximum atomic E-state index is 12.6. The van der Waals surface area contributed by atoms with E-state index >= 15 is 0 Å². The molecule has 0 saturated heterocycles. The minimum absolute atomic E-state index is 0.216. The third-order valence-corrected chi connectivity index (χ3v) is 3.60. The maximum absolute atomic E-state index is 12.6. The molecule has 0 atom stereocenters. The molecular formula is C16H10ClN3O. The smallest absolute Gasteiger partial charge is 0.264 e.